The molecule has 0 fully saturated rings. The van der Waals surface area contributed by atoms with E-state index >= 15 is 0 Å². The van der Waals surface area contributed by atoms with Gasteiger partial charge in [-0.05, 0) is 59.3 Å². The standard InChI is InChI=1S/C19H19N5O4/c1-13(18(25)20-11-14-3-9-17(27-2)10-4-14)28-19(26)15-5-7-16(8-6-15)24-12-21-22-23-24/h3-10,12-13H,11H2,1-2H3,(H,20,25)/t13-/m0/s1. The number of tetrazole rings is 1. The van der Waals surface area contributed by atoms with Crippen LogP contribution in [0.3, 0.4) is 0 Å². The first-order valence-corrected chi connectivity index (χ1v) is 8.52. The molecule has 0 unspecified atom stereocenters. The van der Waals surface area contributed by atoms with Gasteiger partial charge in [-0.3, -0.25) is 4.79 Å². The molecule has 3 aromatic rings. The second kappa shape index (κ2) is 8.76. The molecule has 28 heavy (non-hydrogen) atoms. The third kappa shape index (κ3) is 4.70. The lowest BCUT2D eigenvalue weighted by Gasteiger charge is -2.14. The van der Waals surface area contributed by atoms with Crippen LogP contribution in [0.25, 0.3) is 5.69 Å². The highest BCUT2D eigenvalue weighted by molar-refractivity contribution is 5.92. The average Bonchev–Trinajstić information content (AvgIpc) is 3.27. The van der Waals surface area contributed by atoms with Crippen molar-refractivity contribution < 1.29 is 19.1 Å². The molecule has 0 aliphatic rings. The molecule has 144 valence electrons. The maximum absolute atomic E-state index is 12.2. The van der Waals surface area contributed by atoms with Crippen LogP contribution in [0.4, 0.5) is 0 Å². The number of nitrogens with one attached hydrogen (secondary N) is 1. The minimum Gasteiger partial charge on any atom is -0.497 e. The predicted molar refractivity (Wildman–Crippen MR) is 98.9 cm³/mol. The number of methoxy groups -OCH3 is 1. The molecule has 0 aliphatic heterocycles. The third-order valence-corrected chi connectivity index (χ3v) is 4.00. The van der Waals surface area contributed by atoms with Crippen molar-refractivity contribution in [2.75, 3.05) is 7.11 Å². The number of esters is 1. The van der Waals surface area contributed by atoms with Crippen LogP contribution in [0, 0.1) is 0 Å². The largest absolute Gasteiger partial charge is 0.497 e. The summed E-state index contributed by atoms with van der Waals surface area (Å²) in [4.78, 5) is 24.4. The average molecular weight is 381 g/mol. The Hall–Kier alpha value is -3.75. The van der Waals surface area contributed by atoms with Crippen LogP contribution in [0.15, 0.2) is 54.9 Å². The van der Waals surface area contributed by atoms with E-state index in [4.69, 9.17) is 9.47 Å². The first-order valence-electron chi connectivity index (χ1n) is 8.52. The molecule has 0 saturated carbocycles. The molecule has 0 spiro atoms. The van der Waals surface area contributed by atoms with Gasteiger partial charge in [-0.15, -0.1) is 5.10 Å². The molecule has 0 saturated heterocycles. The fourth-order valence-electron chi connectivity index (χ4n) is 2.39. The molecule has 2 aromatic carbocycles. The van der Waals surface area contributed by atoms with Crippen LogP contribution in [0.1, 0.15) is 22.8 Å². The number of nitrogens with zero attached hydrogens (tertiary/aromatic N) is 4. The fourth-order valence-corrected chi connectivity index (χ4v) is 2.39. The smallest absolute Gasteiger partial charge is 0.338 e. The number of rotatable bonds is 7. The first-order chi connectivity index (χ1) is 13.6. The van der Waals surface area contributed by atoms with E-state index in [1.165, 1.54) is 17.9 Å². The van der Waals surface area contributed by atoms with E-state index in [0.717, 1.165) is 11.3 Å². The Morgan fingerprint density at radius 1 is 1.11 bits per heavy atom. The topological polar surface area (TPSA) is 108 Å². The van der Waals surface area contributed by atoms with Gasteiger partial charge in [0.2, 0.25) is 0 Å². The van der Waals surface area contributed by atoms with Gasteiger partial charge in [0.15, 0.2) is 6.10 Å². The quantitative estimate of drug-likeness (QED) is 0.618. The van der Waals surface area contributed by atoms with Gasteiger partial charge in [-0.1, -0.05) is 12.1 Å². The van der Waals surface area contributed by atoms with Crippen LogP contribution in [0.2, 0.25) is 0 Å². The van der Waals surface area contributed by atoms with Crippen LogP contribution in [-0.4, -0.2) is 45.3 Å². The van der Waals surface area contributed by atoms with Crippen molar-refractivity contribution in [2.45, 2.75) is 19.6 Å². The zero-order valence-electron chi connectivity index (χ0n) is 15.4. The molecule has 9 nitrogen and oxygen atoms in total. The highest BCUT2D eigenvalue weighted by atomic mass is 16.5. The number of ether oxygens (including phenoxy) is 2. The molecule has 1 atom stereocenters. The summed E-state index contributed by atoms with van der Waals surface area (Å²) in [6.07, 6.45) is 0.521. The second-order valence-electron chi connectivity index (χ2n) is 5.91. The molecule has 0 radical (unpaired) electrons. The number of benzene rings is 2. The molecule has 1 amide bonds. The van der Waals surface area contributed by atoms with Crippen molar-refractivity contribution in [3.05, 3.63) is 66.0 Å². The second-order valence-corrected chi connectivity index (χ2v) is 5.91. The van der Waals surface area contributed by atoms with Crippen LogP contribution in [-0.2, 0) is 16.1 Å². The Balaban J connectivity index is 1.52. The molecule has 0 bridgehead atoms. The molecular weight excluding hydrogens is 362 g/mol. The van der Waals surface area contributed by atoms with Gasteiger partial charge in [-0.2, -0.15) is 0 Å². The molecule has 9 heteroatoms. The van der Waals surface area contributed by atoms with E-state index in [-0.39, 0.29) is 5.91 Å². The Labute approximate surface area is 161 Å². The molecule has 3 rings (SSSR count). The number of hydrogen-bond acceptors (Lipinski definition) is 7. The Kier molecular flexibility index (Phi) is 5.95. The lowest BCUT2D eigenvalue weighted by molar-refractivity contribution is -0.129. The first kappa shape index (κ1) is 19.0. The highest BCUT2D eigenvalue weighted by Gasteiger charge is 2.18. The van der Waals surface area contributed by atoms with Crippen LogP contribution >= 0.6 is 0 Å². The number of hydrogen-bond donors (Lipinski definition) is 1. The minimum absolute atomic E-state index is 0.325. The SMILES string of the molecule is COc1ccc(CNC(=O)[C@H](C)OC(=O)c2ccc(-n3cnnn3)cc2)cc1. The van der Waals surface area contributed by atoms with Crippen molar-refractivity contribution in [2.24, 2.45) is 0 Å². The van der Waals surface area contributed by atoms with E-state index in [2.05, 4.69) is 20.8 Å². The number of carbonyl (C=O) groups is 2. The van der Waals surface area contributed by atoms with Gasteiger partial charge in [-0.25, -0.2) is 9.48 Å². The van der Waals surface area contributed by atoms with Crippen molar-refractivity contribution in [1.82, 2.24) is 25.5 Å². The minimum atomic E-state index is -0.926. The van der Waals surface area contributed by atoms with Gasteiger partial charge in [0.25, 0.3) is 5.91 Å². The van der Waals surface area contributed by atoms with Crippen molar-refractivity contribution in [3.63, 3.8) is 0 Å². The van der Waals surface area contributed by atoms with Gasteiger partial charge in [0.1, 0.15) is 12.1 Å². The Morgan fingerprint density at radius 2 is 1.82 bits per heavy atom. The molecule has 1 aromatic heterocycles. The summed E-state index contributed by atoms with van der Waals surface area (Å²) in [7, 11) is 1.59. The lowest BCUT2D eigenvalue weighted by atomic mass is 10.2. The summed E-state index contributed by atoms with van der Waals surface area (Å²) in [5.74, 6) is -0.228. The summed E-state index contributed by atoms with van der Waals surface area (Å²) >= 11 is 0. The summed E-state index contributed by atoms with van der Waals surface area (Å²) in [6.45, 7) is 1.85. The van der Waals surface area contributed by atoms with E-state index in [0.29, 0.717) is 17.8 Å². The summed E-state index contributed by atoms with van der Waals surface area (Å²) in [6, 6.07) is 13.9. The van der Waals surface area contributed by atoms with Gasteiger partial charge >= 0.3 is 5.97 Å². The lowest BCUT2D eigenvalue weighted by Crippen LogP contribution is -2.35. The number of amides is 1. The third-order valence-electron chi connectivity index (χ3n) is 4.00. The van der Waals surface area contributed by atoms with Gasteiger partial charge < -0.3 is 14.8 Å². The monoisotopic (exact) mass is 381 g/mol. The Morgan fingerprint density at radius 3 is 2.43 bits per heavy atom. The predicted octanol–water partition coefficient (Wildman–Crippen LogP) is 1.53. The zero-order chi connectivity index (χ0) is 19.9. The number of aromatic nitrogens is 4. The normalized spacial score (nSPS) is 11.5. The highest BCUT2D eigenvalue weighted by Crippen LogP contribution is 2.12. The molecule has 1 heterocycles. The van der Waals surface area contributed by atoms with Crippen molar-refractivity contribution in [3.8, 4) is 11.4 Å². The summed E-state index contributed by atoms with van der Waals surface area (Å²) in [5.41, 5.74) is 1.93. The maximum Gasteiger partial charge on any atom is 0.338 e. The fraction of sp³-hybridized carbons (Fsp3) is 0.211. The summed E-state index contributed by atoms with van der Waals surface area (Å²) < 4.78 is 11.8. The Bertz CT molecular complexity index is 924. The van der Waals surface area contributed by atoms with Crippen molar-refractivity contribution in [1.29, 1.82) is 0 Å². The van der Waals surface area contributed by atoms with E-state index < -0.39 is 12.1 Å². The van der Waals surface area contributed by atoms with E-state index in [1.807, 2.05) is 24.3 Å². The molecule has 1 N–H and O–H groups in total. The zero-order valence-corrected chi connectivity index (χ0v) is 15.4. The number of carbonyl (C=O) groups excluding carboxylic acids is 2. The van der Waals surface area contributed by atoms with Crippen LogP contribution in [0.5, 0.6) is 5.75 Å². The molecular formula is C19H19N5O4. The molecule has 0 aliphatic carbocycles. The maximum atomic E-state index is 12.2. The van der Waals surface area contributed by atoms with Crippen molar-refractivity contribution >= 4 is 11.9 Å². The van der Waals surface area contributed by atoms with E-state index in [1.54, 1.807) is 31.4 Å². The van der Waals surface area contributed by atoms with Crippen LogP contribution < -0.4 is 10.1 Å². The van der Waals surface area contributed by atoms with Gasteiger partial charge in [0.05, 0.1) is 18.4 Å². The van der Waals surface area contributed by atoms with Gasteiger partial charge in [0, 0.05) is 6.54 Å². The summed E-state index contributed by atoms with van der Waals surface area (Å²) in [5, 5.41) is 13.6. The van der Waals surface area contributed by atoms with E-state index in [9.17, 15) is 9.59 Å².